The second kappa shape index (κ2) is 7.39. The van der Waals surface area contributed by atoms with Gasteiger partial charge >= 0.3 is 0 Å². The Balaban J connectivity index is 1.59. The molecular formula is C19H15FN4S2. The molecule has 26 heavy (non-hydrogen) atoms. The molecule has 3 heterocycles. The minimum Gasteiger partial charge on any atom is -0.225 e. The van der Waals surface area contributed by atoms with Crippen LogP contribution in [0.1, 0.15) is 20.9 Å². The van der Waals surface area contributed by atoms with E-state index in [1.807, 2.05) is 12.1 Å². The van der Waals surface area contributed by atoms with Gasteiger partial charge in [-0.25, -0.2) is 14.4 Å². The molecule has 0 spiro atoms. The summed E-state index contributed by atoms with van der Waals surface area (Å²) < 4.78 is 13.9. The van der Waals surface area contributed by atoms with Crippen LogP contribution in [0.15, 0.2) is 58.3 Å². The normalized spacial score (nSPS) is 11.6. The smallest absolute Gasteiger partial charge is 0.185 e. The van der Waals surface area contributed by atoms with Crippen LogP contribution in [0.3, 0.4) is 0 Å². The Bertz CT molecular complexity index is 1080. The summed E-state index contributed by atoms with van der Waals surface area (Å²) in [5.41, 5.74) is 1.90. The summed E-state index contributed by atoms with van der Waals surface area (Å²) in [6.07, 6.45) is 2.02. The predicted molar refractivity (Wildman–Crippen MR) is 104 cm³/mol. The third kappa shape index (κ3) is 3.54. The molecule has 0 bridgehead atoms. The van der Waals surface area contributed by atoms with Crippen molar-refractivity contribution in [2.45, 2.75) is 19.9 Å². The standard InChI is InChI=1S/C19H15FN4S2/c1-12-6-7-25-17(12)10-23-24-18-15-9-14(26-19(15)22-11-21-18)8-13-4-2-3-5-16(13)20/h2-7,9,11H,8,10H2,1H3. The van der Waals surface area contributed by atoms with E-state index >= 15 is 0 Å². The fourth-order valence-corrected chi connectivity index (χ4v) is 4.46. The van der Waals surface area contributed by atoms with Gasteiger partial charge in [0, 0.05) is 16.2 Å². The van der Waals surface area contributed by atoms with Gasteiger partial charge in [-0.15, -0.1) is 27.8 Å². The molecule has 0 saturated carbocycles. The Morgan fingerprint density at radius 1 is 1.15 bits per heavy atom. The van der Waals surface area contributed by atoms with Crippen molar-refractivity contribution >= 4 is 38.7 Å². The topological polar surface area (TPSA) is 50.5 Å². The van der Waals surface area contributed by atoms with E-state index in [1.54, 1.807) is 23.5 Å². The van der Waals surface area contributed by atoms with Crippen molar-refractivity contribution in [2.24, 2.45) is 10.2 Å². The van der Waals surface area contributed by atoms with Gasteiger partial charge in [0.1, 0.15) is 17.0 Å². The van der Waals surface area contributed by atoms with Crippen molar-refractivity contribution in [3.63, 3.8) is 0 Å². The number of thiophene rings is 2. The number of benzene rings is 1. The quantitative estimate of drug-likeness (QED) is 0.393. The molecule has 0 unspecified atom stereocenters. The lowest BCUT2D eigenvalue weighted by Gasteiger charge is -1.99. The van der Waals surface area contributed by atoms with Gasteiger partial charge < -0.3 is 0 Å². The number of aromatic nitrogens is 2. The molecule has 0 atom stereocenters. The van der Waals surface area contributed by atoms with E-state index < -0.39 is 0 Å². The summed E-state index contributed by atoms with van der Waals surface area (Å²) in [7, 11) is 0. The number of nitrogens with zero attached hydrogens (tertiary/aromatic N) is 4. The van der Waals surface area contributed by atoms with E-state index in [0.717, 1.165) is 15.1 Å². The zero-order valence-corrected chi connectivity index (χ0v) is 15.6. The van der Waals surface area contributed by atoms with Gasteiger partial charge in [-0.2, -0.15) is 5.11 Å². The van der Waals surface area contributed by atoms with Crippen LogP contribution in [-0.4, -0.2) is 9.97 Å². The van der Waals surface area contributed by atoms with Crippen LogP contribution in [-0.2, 0) is 13.0 Å². The maximum absolute atomic E-state index is 13.9. The van der Waals surface area contributed by atoms with Gasteiger partial charge in [-0.3, -0.25) is 0 Å². The van der Waals surface area contributed by atoms with E-state index in [0.29, 0.717) is 24.3 Å². The Kier molecular flexibility index (Phi) is 4.81. The Morgan fingerprint density at radius 2 is 2.04 bits per heavy atom. The molecule has 3 aromatic heterocycles. The van der Waals surface area contributed by atoms with Gasteiger partial charge in [-0.05, 0) is 41.6 Å². The molecule has 0 radical (unpaired) electrons. The average molecular weight is 382 g/mol. The van der Waals surface area contributed by atoms with Crippen LogP contribution in [0.5, 0.6) is 0 Å². The van der Waals surface area contributed by atoms with E-state index in [4.69, 9.17) is 0 Å². The highest BCUT2D eigenvalue weighted by molar-refractivity contribution is 7.18. The van der Waals surface area contributed by atoms with E-state index in [9.17, 15) is 4.39 Å². The molecule has 0 amide bonds. The molecule has 0 aliphatic rings. The number of hydrogen-bond donors (Lipinski definition) is 0. The van der Waals surface area contributed by atoms with Crippen molar-refractivity contribution in [1.29, 1.82) is 0 Å². The fourth-order valence-electron chi connectivity index (χ4n) is 2.62. The molecule has 0 N–H and O–H groups in total. The van der Waals surface area contributed by atoms with Crippen LogP contribution in [0.4, 0.5) is 10.2 Å². The number of halogens is 1. The molecule has 4 aromatic rings. The summed E-state index contributed by atoms with van der Waals surface area (Å²) in [5.74, 6) is 0.363. The fraction of sp³-hybridized carbons (Fsp3) is 0.158. The molecule has 4 rings (SSSR count). The summed E-state index contributed by atoms with van der Waals surface area (Å²) in [6.45, 7) is 2.61. The number of fused-ring (bicyclic) bond motifs is 1. The number of aryl methyl sites for hydroxylation is 1. The SMILES string of the molecule is Cc1ccsc1CN=Nc1ncnc2sc(Cc3ccccc3F)cc12. The van der Waals surface area contributed by atoms with Crippen molar-refractivity contribution in [3.05, 3.63) is 74.8 Å². The molecule has 0 saturated heterocycles. The largest absolute Gasteiger partial charge is 0.225 e. The van der Waals surface area contributed by atoms with Gasteiger partial charge in [0.05, 0.1) is 11.9 Å². The summed E-state index contributed by atoms with van der Waals surface area (Å²) >= 11 is 3.21. The first-order valence-corrected chi connectivity index (χ1v) is 9.77. The molecular weight excluding hydrogens is 367 g/mol. The number of azo groups is 1. The zero-order chi connectivity index (χ0) is 17.9. The molecule has 130 valence electrons. The maximum atomic E-state index is 13.9. The first-order valence-electron chi connectivity index (χ1n) is 8.08. The van der Waals surface area contributed by atoms with Gasteiger partial charge in [0.15, 0.2) is 5.82 Å². The van der Waals surface area contributed by atoms with E-state index in [1.165, 1.54) is 34.2 Å². The zero-order valence-electron chi connectivity index (χ0n) is 14.0. The summed E-state index contributed by atoms with van der Waals surface area (Å²) in [4.78, 5) is 11.6. The molecule has 0 fully saturated rings. The lowest BCUT2D eigenvalue weighted by molar-refractivity contribution is 0.614. The molecule has 1 aromatic carbocycles. The lowest BCUT2D eigenvalue weighted by atomic mass is 10.1. The third-order valence-corrected chi connectivity index (χ3v) is 6.08. The Labute approximate surface area is 158 Å². The van der Waals surface area contributed by atoms with Crippen LogP contribution in [0.25, 0.3) is 10.2 Å². The van der Waals surface area contributed by atoms with Gasteiger partial charge in [0.25, 0.3) is 0 Å². The average Bonchev–Trinajstić information content (AvgIpc) is 3.23. The van der Waals surface area contributed by atoms with Gasteiger partial charge in [-0.1, -0.05) is 18.2 Å². The number of rotatable bonds is 5. The summed E-state index contributed by atoms with van der Waals surface area (Å²) in [6, 6.07) is 10.9. The van der Waals surface area contributed by atoms with Crippen molar-refractivity contribution < 1.29 is 4.39 Å². The van der Waals surface area contributed by atoms with E-state index in [2.05, 4.69) is 38.6 Å². The van der Waals surface area contributed by atoms with Crippen LogP contribution in [0, 0.1) is 12.7 Å². The van der Waals surface area contributed by atoms with Gasteiger partial charge in [0.2, 0.25) is 0 Å². The predicted octanol–water partition coefficient (Wildman–Crippen LogP) is 6.08. The summed E-state index contributed by atoms with van der Waals surface area (Å²) in [5, 5.41) is 11.5. The highest BCUT2D eigenvalue weighted by Gasteiger charge is 2.10. The van der Waals surface area contributed by atoms with Crippen LogP contribution in [0.2, 0.25) is 0 Å². The monoisotopic (exact) mass is 382 g/mol. The first kappa shape index (κ1) is 16.9. The van der Waals surface area contributed by atoms with Crippen molar-refractivity contribution in [1.82, 2.24) is 9.97 Å². The second-order valence-corrected chi connectivity index (χ2v) is 7.94. The van der Waals surface area contributed by atoms with Crippen LogP contribution >= 0.6 is 22.7 Å². The Hall–Kier alpha value is -2.51. The highest BCUT2D eigenvalue weighted by Crippen LogP contribution is 2.31. The van der Waals surface area contributed by atoms with Crippen LogP contribution < -0.4 is 0 Å². The van der Waals surface area contributed by atoms with Crippen molar-refractivity contribution in [3.8, 4) is 0 Å². The maximum Gasteiger partial charge on any atom is 0.185 e. The molecule has 7 heteroatoms. The first-order chi connectivity index (χ1) is 12.7. The Morgan fingerprint density at radius 3 is 2.85 bits per heavy atom. The van der Waals surface area contributed by atoms with Crippen molar-refractivity contribution in [2.75, 3.05) is 0 Å². The lowest BCUT2D eigenvalue weighted by Crippen LogP contribution is -1.88. The molecule has 4 nitrogen and oxygen atoms in total. The second-order valence-electron chi connectivity index (χ2n) is 5.82. The minimum absolute atomic E-state index is 0.192. The molecule has 0 aliphatic heterocycles. The molecule has 0 aliphatic carbocycles. The third-order valence-electron chi connectivity index (χ3n) is 4.03. The number of hydrogen-bond acceptors (Lipinski definition) is 6. The van der Waals surface area contributed by atoms with E-state index in [-0.39, 0.29) is 5.82 Å². The minimum atomic E-state index is -0.192. The highest BCUT2D eigenvalue weighted by atomic mass is 32.1.